The van der Waals surface area contributed by atoms with E-state index in [1.807, 2.05) is 30.3 Å². The number of hydrazine groups is 1. The van der Waals surface area contributed by atoms with Crippen molar-refractivity contribution in [1.29, 1.82) is 0 Å². The molecule has 0 saturated heterocycles. The predicted octanol–water partition coefficient (Wildman–Crippen LogP) is 3.13. The molecule has 0 unspecified atom stereocenters. The van der Waals surface area contributed by atoms with Crippen LogP contribution >= 0.6 is 15.9 Å². The van der Waals surface area contributed by atoms with Crippen LogP contribution in [0, 0.1) is 5.82 Å². The molecule has 0 aromatic heterocycles. The van der Waals surface area contributed by atoms with Crippen molar-refractivity contribution in [2.75, 3.05) is 0 Å². The SMILES string of the molecule is NNC(=Nc1ccccc1)c1cccc(F)c1Br. The minimum Gasteiger partial charge on any atom is -0.308 e. The molecule has 5 heteroatoms. The third-order valence-electron chi connectivity index (χ3n) is 2.34. The van der Waals surface area contributed by atoms with Gasteiger partial charge in [0.05, 0.1) is 10.2 Å². The number of rotatable bonds is 2. The zero-order valence-electron chi connectivity index (χ0n) is 9.40. The van der Waals surface area contributed by atoms with Crippen LogP contribution in [0.25, 0.3) is 0 Å². The fourth-order valence-corrected chi connectivity index (χ4v) is 1.94. The van der Waals surface area contributed by atoms with Gasteiger partial charge in [0.1, 0.15) is 11.7 Å². The molecule has 2 aromatic rings. The molecule has 3 N–H and O–H groups in total. The lowest BCUT2D eigenvalue weighted by Gasteiger charge is -2.08. The van der Waals surface area contributed by atoms with Crippen molar-refractivity contribution in [2.45, 2.75) is 0 Å². The van der Waals surface area contributed by atoms with Gasteiger partial charge in [0, 0.05) is 5.56 Å². The first-order valence-electron chi connectivity index (χ1n) is 5.27. The second kappa shape index (κ2) is 5.75. The molecule has 0 fully saturated rings. The van der Waals surface area contributed by atoms with Crippen molar-refractivity contribution in [3.63, 3.8) is 0 Å². The Morgan fingerprint density at radius 1 is 1.11 bits per heavy atom. The summed E-state index contributed by atoms with van der Waals surface area (Å²) < 4.78 is 13.8. The summed E-state index contributed by atoms with van der Waals surface area (Å²) in [5, 5.41) is 0. The third-order valence-corrected chi connectivity index (χ3v) is 3.15. The van der Waals surface area contributed by atoms with Crippen LogP contribution in [0.3, 0.4) is 0 Å². The zero-order valence-corrected chi connectivity index (χ0v) is 11.0. The average molecular weight is 308 g/mol. The standard InChI is InChI=1S/C13H11BrFN3/c14-12-10(7-4-8-11(12)15)13(18-16)17-9-5-2-1-3-6-9/h1-8H,16H2,(H,17,18). The van der Waals surface area contributed by atoms with Crippen LogP contribution in [0.15, 0.2) is 58.0 Å². The van der Waals surface area contributed by atoms with Crippen LogP contribution in [0.4, 0.5) is 10.1 Å². The molecule has 0 saturated carbocycles. The molecule has 0 heterocycles. The summed E-state index contributed by atoms with van der Waals surface area (Å²) in [6.45, 7) is 0. The lowest BCUT2D eigenvalue weighted by Crippen LogP contribution is -2.31. The largest absolute Gasteiger partial charge is 0.308 e. The number of hydrogen-bond donors (Lipinski definition) is 2. The monoisotopic (exact) mass is 307 g/mol. The molecule has 0 bridgehead atoms. The highest BCUT2D eigenvalue weighted by Gasteiger charge is 2.10. The fraction of sp³-hybridized carbons (Fsp3) is 0. The van der Waals surface area contributed by atoms with E-state index >= 15 is 0 Å². The molecule has 0 radical (unpaired) electrons. The smallest absolute Gasteiger partial charge is 0.149 e. The number of nitrogens with two attached hydrogens (primary N) is 1. The summed E-state index contributed by atoms with van der Waals surface area (Å²) in [4.78, 5) is 4.33. The van der Waals surface area contributed by atoms with Crippen LogP contribution in [0.2, 0.25) is 0 Å². The highest BCUT2D eigenvalue weighted by Crippen LogP contribution is 2.22. The number of amidine groups is 1. The van der Waals surface area contributed by atoms with Gasteiger partial charge in [-0.1, -0.05) is 24.3 Å². The van der Waals surface area contributed by atoms with Crippen molar-refractivity contribution in [1.82, 2.24) is 5.43 Å². The number of aliphatic imine (C=N–C) groups is 1. The molecule has 0 aliphatic heterocycles. The van der Waals surface area contributed by atoms with Gasteiger partial charge in [0.2, 0.25) is 0 Å². The second-order valence-electron chi connectivity index (χ2n) is 3.54. The predicted molar refractivity (Wildman–Crippen MR) is 74.1 cm³/mol. The van der Waals surface area contributed by atoms with Gasteiger partial charge in [-0.25, -0.2) is 15.2 Å². The summed E-state index contributed by atoms with van der Waals surface area (Å²) in [5.41, 5.74) is 3.80. The van der Waals surface area contributed by atoms with E-state index in [0.29, 0.717) is 15.9 Å². The van der Waals surface area contributed by atoms with Gasteiger partial charge < -0.3 is 5.43 Å². The molecular weight excluding hydrogens is 297 g/mol. The molecule has 0 spiro atoms. The Labute approximate surface area is 113 Å². The molecular formula is C13H11BrFN3. The Kier molecular flexibility index (Phi) is 4.07. The van der Waals surface area contributed by atoms with Crippen molar-refractivity contribution in [3.05, 3.63) is 64.4 Å². The van der Waals surface area contributed by atoms with Gasteiger partial charge in [-0.2, -0.15) is 0 Å². The van der Waals surface area contributed by atoms with E-state index in [1.165, 1.54) is 6.07 Å². The van der Waals surface area contributed by atoms with Crippen molar-refractivity contribution in [2.24, 2.45) is 10.8 Å². The first-order valence-corrected chi connectivity index (χ1v) is 6.06. The number of nitrogens with one attached hydrogen (secondary N) is 1. The van der Waals surface area contributed by atoms with Gasteiger partial charge in [-0.15, -0.1) is 0 Å². The number of hydrogen-bond acceptors (Lipinski definition) is 2. The van der Waals surface area contributed by atoms with Gasteiger partial charge in [-0.3, -0.25) is 0 Å². The van der Waals surface area contributed by atoms with E-state index in [9.17, 15) is 4.39 Å². The molecule has 0 aliphatic carbocycles. The summed E-state index contributed by atoms with van der Waals surface area (Å²) in [6, 6.07) is 14.0. The van der Waals surface area contributed by atoms with E-state index < -0.39 is 0 Å². The Morgan fingerprint density at radius 2 is 1.83 bits per heavy atom. The van der Waals surface area contributed by atoms with E-state index in [2.05, 4.69) is 26.3 Å². The number of halogens is 2. The van der Waals surface area contributed by atoms with E-state index in [0.717, 1.165) is 5.69 Å². The van der Waals surface area contributed by atoms with Crippen LogP contribution in [0.5, 0.6) is 0 Å². The second-order valence-corrected chi connectivity index (χ2v) is 4.33. The van der Waals surface area contributed by atoms with Crippen LogP contribution in [0.1, 0.15) is 5.56 Å². The van der Waals surface area contributed by atoms with Crippen LogP contribution < -0.4 is 11.3 Å². The molecule has 2 aromatic carbocycles. The molecule has 92 valence electrons. The Balaban J connectivity index is 2.46. The highest BCUT2D eigenvalue weighted by atomic mass is 79.9. The molecule has 0 aliphatic rings. The normalized spacial score (nSPS) is 11.4. The summed E-state index contributed by atoms with van der Waals surface area (Å²) in [5.74, 6) is 5.49. The minimum absolute atomic E-state index is 0.331. The lowest BCUT2D eigenvalue weighted by atomic mass is 10.2. The zero-order chi connectivity index (χ0) is 13.0. The van der Waals surface area contributed by atoms with E-state index in [-0.39, 0.29) is 5.82 Å². The first kappa shape index (κ1) is 12.7. The van der Waals surface area contributed by atoms with Crippen molar-refractivity contribution >= 4 is 27.5 Å². The first-order chi connectivity index (χ1) is 8.72. The van der Waals surface area contributed by atoms with Crippen molar-refractivity contribution < 1.29 is 4.39 Å². The topological polar surface area (TPSA) is 50.4 Å². The van der Waals surface area contributed by atoms with Crippen LogP contribution in [-0.4, -0.2) is 5.84 Å². The number of benzene rings is 2. The Bertz CT molecular complexity index is 570. The quantitative estimate of drug-likeness (QED) is 0.387. The molecule has 3 nitrogen and oxygen atoms in total. The minimum atomic E-state index is -0.358. The van der Waals surface area contributed by atoms with Crippen molar-refractivity contribution in [3.8, 4) is 0 Å². The third kappa shape index (κ3) is 2.75. The Morgan fingerprint density at radius 3 is 2.50 bits per heavy atom. The van der Waals surface area contributed by atoms with Gasteiger partial charge >= 0.3 is 0 Å². The highest BCUT2D eigenvalue weighted by molar-refractivity contribution is 9.10. The Hall–Kier alpha value is -1.72. The lowest BCUT2D eigenvalue weighted by molar-refractivity contribution is 0.620. The molecule has 18 heavy (non-hydrogen) atoms. The molecule has 0 amide bonds. The van der Waals surface area contributed by atoms with E-state index in [4.69, 9.17) is 5.84 Å². The van der Waals surface area contributed by atoms with Gasteiger partial charge in [0.15, 0.2) is 0 Å². The average Bonchev–Trinajstić information content (AvgIpc) is 2.41. The summed E-state index contributed by atoms with van der Waals surface area (Å²) in [7, 11) is 0. The maximum absolute atomic E-state index is 13.4. The van der Waals surface area contributed by atoms with E-state index in [1.54, 1.807) is 12.1 Å². The van der Waals surface area contributed by atoms with Gasteiger partial charge in [0.25, 0.3) is 0 Å². The summed E-state index contributed by atoms with van der Waals surface area (Å²) >= 11 is 3.18. The number of nitrogens with zero attached hydrogens (tertiary/aromatic N) is 1. The number of para-hydroxylation sites is 1. The molecule has 2 rings (SSSR count). The maximum atomic E-state index is 13.4. The van der Waals surface area contributed by atoms with Crippen LogP contribution in [-0.2, 0) is 0 Å². The fourth-order valence-electron chi connectivity index (χ4n) is 1.49. The summed E-state index contributed by atoms with van der Waals surface area (Å²) in [6.07, 6.45) is 0. The maximum Gasteiger partial charge on any atom is 0.149 e. The molecule has 0 atom stereocenters. The van der Waals surface area contributed by atoms with Gasteiger partial charge in [-0.05, 0) is 40.2 Å².